The maximum absolute atomic E-state index is 12.4. The van der Waals surface area contributed by atoms with Crippen LogP contribution < -0.4 is 4.90 Å². The van der Waals surface area contributed by atoms with Crippen LogP contribution in [0.15, 0.2) is 57.9 Å². The minimum Gasteiger partial charge on any atom is -0.368 e. The van der Waals surface area contributed by atoms with Crippen molar-refractivity contribution in [1.29, 1.82) is 0 Å². The van der Waals surface area contributed by atoms with Crippen LogP contribution in [-0.4, -0.2) is 51.2 Å². The van der Waals surface area contributed by atoms with Gasteiger partial charge in [0.15, 0.2) is 9.84 Å². The number of hydrogen-bond acceptors (Lipinski definition) is 4. The number of hydrogen-bond donors (Lipinski definition) is 0. The van der Waals surface area contributed by atoms with Gasteiger partial charge in [-0.25, -0.2) is 8.42 Å². The van der Waals surface area contributed by atoms with Gasteiger partial charge in [0, 0.05) is 47.8 Å². The summed E-state index contributed by atoms with van der Waals surface area (Å²) in [5, 5.41) is 0.684. The fraction of sp³-hybridized carbons (Fsp3) is 0.316. The van der Waals surface area contributed by atoms with Crippen molar-refractivity contribution in [2.24, 2.45) is 0 Å². The van der Waals surface area contributed by atoms with Crippen molar-refractivity contribution in [3.8, 4) is 0 Å². The lowest BCUT2D eigenvalue weighted by Crippen LogP contribution is -2.49. The van der Waals surface area contributed by atoms with Crippen molar-refractivity contribution < 1.29 is 13.2 Å². The molecule has 1 fully saturated rings. The number of carbonyl (C=O) groups excluding carboxylic acids is 1. The first-order valence-corrected chi connectivity index (χ1v) is 11.4. The smallest absolute Gasteiger partial charge is 0.223 e. The Morgan fingerprint density at radius 2 is 1.70 bits per heavy atom. The first-order valence-electron chi connectivity index (χ1n) is 8.62. The molecule has 5 nitrogen and oxygen atoms in total. The van der Waals surface area contributed by atoms with E-state index in [0.29, 0.717) is 31.2 Å². The van der Waals surface area contributed by atoms with Crippen LogP contribution in [0.4, 0.5) is 5.69 Å². The number of anilines is 1. The molecule has 1 amide bonds. The predicted octanol–water partition coefficient (Wildman–Crippen LogP) is 3.62. The van der Waals surface area contributed by atoms with E-state index in [1.165, 1.54) is 0 Å². The van der Waals surface area contributed by atoms with E-state index < -0.39 is 9.84 Å². The molecule has 0 unspecified atom stereocenters. The van der Waals surface area contributed by atoms with Crippen LogP contribution in [-0.2, 0) is 14.6 Å². The number of sulfone groups is 1. The third-order valence-corrected chi connectivity index (χ3v) is 7.06. The second-order valence-corrected chi connectivity index (χ2v) is 9.83. The zero-order valence-corrected chi connectivity index (χ0v) is 17.8. The van der Waals surface area contributed by atoms with Crippen molar-refractivity contribution in [1.82, 2.24) is 4.90 Å². The minimum absolute atomic E-state index is 0.00440. The highest BCUT2D eigenvalue weighted by Gasteiger charge is 2.23. The van der Waals surface area contributed by atoms with Crippen molar-refractivity contribution >= 4 is 49.0 Å². The quantitative estimate of drug-likeness (QED) is 0.668. The van der Waals surface area contributed by atoms with Crippen LogP contribution in [0.5, 0.6) is 0 Å². The Kier molecular flexibility index (Phi) is 6.44. The lowest BCUT2D eigenvalue weighted by atomic mass is 10.2. The lowest BCUT2D eigenvalue weighted by molar-refractivity contribution is -0.131. The molecule has 0 bridgehead atoms. The van der Waals surface area contributed by atoms with Gasteiger partial charge in [-0.1, -0.05) is 33.6 Å². The molecule has 0 aromatic heterocycles. The van der Waals surface area contributed by atoms with Crippen LogP contribution in [0.25, 0.3) is 0 Å². The number of carbonyl (C=O) groups is 1. The molecule has 3 rings (SSSR count). The highest BCUT2D eigenvalue weighted by Crippen LogP contribution is 2.21. The Balaban J connectivity index is 1.53. The fourth-order valence-electron chi connectivity index (χ4n) is 3.03. The minimum atomic E-state index is -3.46. The molecule has 1 aliphatic heterocycles. The maximum atomic E-state index is 12.4. The molecule has 8 heteroatoms. The average molecular weight is 472 g/mol. The largest absolute Gasteiger partial charge is 0.368 e. The summed E-state index contributed by atoms with van der Waals surface area (Å²) in [6, 6.07) is 14.1. The second kappa shape index (κ2) is 8.63. The van der Waals surface area contributed by atoms with Gasteiger partial charge < -0.3 is 9.80 Å². The van der Waals surface area contributed by atoms with Crippen LogP contribution in [0.1, 0.15) is 6.42 Å². The molecule has 1 saturated heterocycles. The van der Waals surface area contributed by atoms with Crippen LogP contribution in [0.2, 0.25) is 5.02 Å². The summed E-state index contributed by atoms with van der Waals surface area (Å²) in [4.78, 5) is 16.6. The van der Waals surface area contributed by atoms with Gasteiger partial charge in [-0.05, 0) is 42.5 Å². The van der Waals surface area contributed by atoms with Crippen molar-refractivity contribution in [2.45, 2.75) is 11.3 Å². The molecule has 0 atom stereocenters. The summed E-state index contributed by atoms with van der Waals surface area (Å²) in [7, 11) is -3.46. The zero-order valence-electron chi connectivity index (χ0n) is 14.6. The van der Waals surface area contributed by atoms with Gasteiger partial charge in [0.05, 0.1) is 10.6 Å². The molecule has 2 aromatic rings. The Morgan fingerprint density at radius 3 is 2.33 bits per heavy atom. The van der Waals surface area contributed by atoms with Crippen LogP contribution in [0, 0.1) is 0 Å². The van der Waals surface area contributed by atoms with E-state index in [0.717, 1.165) is 10.2 Å². The van der Waals surface area contributed by atoms with Gasteiger partial charge in [-0.3, -0.25) is 4.79 Å². The topological polar surface area (TPSA) is 57.7 Å². The fourth-order valence-corrected chi connectivity index (χ4v) is 4.71. The summed E-state index contributed by atoms with van der Waals surface area (Å²) in [6.45, 7) is 2.55. The highest BCUT2D eigenvalue weighted by molar-refractivity contribution is 9.10. The van der Waals surface area contributed by atoms with Gasteiger partial charge in [0.2, 0.25) is 5.91 Å². The molecule has 0 aliphatic carbocycles. The monoisotopic (exact) mass is 470 g/mol. The summed E-state index contributed by atoms with van der Waals surface area (Å²) in [6.07, 6.45) is -0.00440. The summed E-state index contributed by atoms with van der Waals surface area (Å²) < 4.78 is 25.6. The van der Waals surface area contributed by atoms with Crippen molar-refractivity contribution in [3.63, 3.8) is 0 Å². The van der Waals surface area contributed by atoms with Crippen LogP contribution in [0.3, 0.4) is 0 Å². The Hall–Kier alpha value is -1.57. The zero-order chi connectivity index (χ0) is 19.4. The third-order valence-electron chi connectivity index (χ3n) is 4.56. The molecule has 0 spiro atoms. The van der Waals surface area contributed by atoms with Gasteiger partial charge in [-0.15, -0.1) is 0 Å². The van der Waals surface area contributed by atoms with E-state index >= 15 is 0 Å². The number of piperazine rings is 1. The van der Waals surface area contributed by atoms with Gasteiger partial charge in [0.25, 0.3) is 0 Å². The SMILES string of the molecule is O=C(CCS(=O)(=O)c1ccc(Br)cc1)N1CCN(c2cccc(Cl)c2)CC1. The third kappa shape index (κ3) is 5.24. The summed E-state index contributed by atoms with van der Waals surface area (Å²) in [5.74, 6) is -0.302. The van der Waals surface area contributed by atoms with E-state index in [9.17, 15) is 13.2 Å². The molecule has 1 heterocycles. The van der Waals surface area contributed by atoms with E-state index in [1.54, 1.807) is 29.2 Å². The van der Waals surface area contributed by atoms with E-state index in [2.05, 4.69) is 20.8 Å². The van der Waals surface area contributed by atoms with Gasteiger partial charge >= 0.3 is 0 Å². The Bertz CT molecular complexity index is 911. The molecule has 0 radical (unpaired) electrons. The molecule has 27 heavy (non-hydrogen) atoms. The van der Waals surface area contributed by atoms with Crippen molar-refractivity contribution in [2.75, 3.05) is 36.8 Å². The summed E-state index contributed by atoms with van der Waals surface area (Å²) >= 11 is 9.32. The second-order valence-electron chi connectivity index (χ2n) is 6.37. The van der Waals surface area contributed by atoms with Crippen molar-refractivity contribution in [3.05, 3.63) is 58.0 Å². The van der Waals surface area contributed by atoms with E-state index in [1.807, 2.05) is 24.3 Å². The maximum Gasteiger partial charge on any atom is 0.223 e. The van der Waals surface area contributed by atoms with Crippen LogP contribution >= 0.6 is 27.5 Å². The standard InChI is InChI=1S/C19H20BrClN2O3S/c20-15-4-6-18(7-5-15)27(25,26)13-8-19(24)23-11-9-22(10-12-23)17-3-1-2-16(21)14-17/h1-7,14H,8-13H2. The molecule has 0 N–H and O–H groups in total. The van der Waals surface area contributed by atoms with Gasteiger partial charge in [0.1, 0.15) is 0 Å². The number of rotatable bonds is 5. The molecule has 1 aliphatic rings. The molecular formula is C19H20BrClN2O3S. The normalized spacial score (nSPS) is 15.0. The number of nitrogens with zero attached hydrogens (tertiary/aromatic N) is 2. The number of benzene rings is 2. The first kappa shape index (κ1) is 20.2. The van der Waals surface area contributed by atoms with E-state index in [4.69, 9.17) is 11.6 Å². The Morgan fingerprint density at radius 1 is 1.04 bits per heavy atom. The van der Waals surface area contributed by atoms with E-state index in [-0.39, 0.29) is 23.0 Å². The Labute approximate surface area is 173 Å². The number of amides is 1. The van der Waals surface area contributed by atoms with Gasteiger partial charge in [-0.2, -0.15) is 0 Å². The first-order chi connectivity index (χ1) is 12.8. The molecule has 144 valence electrons. The summed E-state index contributed by atoms with van der Waals surface area (Å²) in [5.41, 5.74) is 1.03. The highest BCUT2D eigenvalue weighted by atomic mass is 79.9. The average Bonchev–Trinajstić information content (AvgIpc) is 2.67. The molecule has 2 aromatic carbocycles. The number of halogens is 2. The predicted molar refractivity (Wildman–Crippen MR) is 111 cm³/mol. The molecular weight excluding hydrogens is 452 g/mol. The lowest BCUT2D eigenvalue weighted by Gasteiger charge is -2.36. The molecule has 0 saturated carbocycles.